The Morgan fingerprint density at radius 2 is 1.77 bits per heavy atom. The Balaban J connectivity index is 1.15. The molecule has 9 heteroatoms. The van der Waals surface area contributed by atoms with Crippen LogP contribution >= 0.6 is 11.3 Å². The maximum atomic E-state index is 13.3. The summed E-state index contributed by atoms with van der Waals surface area (Å²) in [4.78, 5) is 37.2. The van der Waals surface area contributed by atoms with Crippen molar-refractivity contribution in [3.63, 3.8) is 0 Å². The van der Waals surface area contributed by atoms with Gasteiger partial charge >= 0.3 is 0 Å². The minimum atomic E-state index is -0.205. The molecule has 2 aromatic heterocycles. The number of nitrogens with zero attached hydrogens (tertiary/aromatic N) is 3. The summed E-state index contributed by atoms with van der Waals surface area (Å²) in [6, 6.07) is 15.2. The van der Waals surface area contributed by atoms with Gasteiger partial charge in [0.15, 0.2) is 0 Å². The molecule has 0 saturated carbocycles. The van der Waals surface area contributed by atoms with Gasteiger partial charge in [0.05, 0.1) is 23.7 Å². The molecule has 1 saturated heterocycles. The Labute approximate surface area is 238 Å². The molecule has 4 aromatic rings. The van der Waals surface area contributed by atoms with E-state index in [1.54, 1.807) is 13.2 Å². The Morgan fingerprint density at radius 3 is 2.50 bits per heavy atom. The van der Waals surface area contributed by atoms with Crippen LogP contribution in [0.25, 0.3) is 10.9 Å². The van der Waals surface area contributed by atoms with E-state index in [-0.39, 0.29) is 23.8 Å². The first kappa shape index (κ1) is 27.6. The zero-order chi connectivity index (χ0) is 28.2. The summed E-state index contributed by atoms with van der Waals surface area (Å²) in [5.74, 6) is 1.41. The molecular formula is C31H34N4O4S. The van der Waals surface area contributed by atoms with Crippen LogP contribution in [0.5, 0.6) is 11.5 Å². The highest BCUT2D eigenvalue weighted by Gasteiger charge is 2.28. The van der Waals surface area contributed by atoms with E-state index in [1.807, 2.05) is 73.5 Å². The van der Waals surface area contributed by atoms with Crippen LogP contribution in [0.4, 0.5) is 0 Å². The van der Waals surface area contributed by atoms with Gasteiger partial charge in [0.2, 0.25) is 0 Å². The number of amides is 2. The number of ether oxygens (including phenoxy) is 2. The van der Waals surface area contributed by atoms with Crippen molar-refractivity contribution in [3.05, 3.63) is 81.4 Å². The van der Waals surface area contributed by atoms with Gasteiger partial charge in [-0.3, -0.25) is 9.59 Å². The number of aromatic nitrogens is 2. The van der Waals surface area contributed by atoms with E-state index in [4.69, 9.17) is 9.47 Å². The van der Waals surface area contributed by atoms with Crippen LogP contribution in [0, 0.1) is 13.8 Å². The number of rotatable bonds is 8. The highest BCUT2D eigenvalue weighted by Crippen LogP contribution is 2.32. The fourth-order valence-electron chi connectivity index (χ4n) is 5.07. The molecule has 3 heterocycles. The largest absolute Gasteiger partial charge is 0.496 e. The number of nitrogens with one attached hydrogen (secondary N) is 1. The van der Waals surface area contributed by atoms with E-state index in [1.165, 1.54) is 11.3 Å². The molecule has 1 aliphatic rings. The van der Waals surface area contributed by atoms with Crippen LogP contribution in [0.1, 0.15) is 62.8 Å². The molecule has 0 bridgehead atoms. The number of likely N-dealkylation sites (tertiary alicyclic amines) is 1. The van der Waals surface area contributed by atoms with Crippen LogP contribution < -0.4 is 14.8 Å². The van der Waals surface area contributed by atoms with Crippen LogP contribution in [0.3, 0.4) is 0 Å². The van der Waals surface area contributed by atoms with E-state index in [0.29, 0.717) is 36.8 Å². The predicted octanol–water partition coefficient (Wildman–Crippen LogP) is 5.53. The molecule has 0 aliphatic carbocycles. The van der Waals surface area contributed by atoms with Gasteiger partial charge in [-0.15, -0.1) is 11.3 Å². The average Bonchev–Trinajstić information content (AvgIpc) is 3.47. The first-order chi connectivity index (χ1) is 19.3. The quantitative estimate of drug-likeness (QED) is 0.306. The lowest BCUT2D eigenvalue weighted by Gasteiger charge is -2.31. The lowest BCUT2D eigenvalue weighted by atomic mass is 9.97. The summed E-state index contributed by atoms with van der Waals surface area (Å²) in [6.07, 6.45) is 1.57. The van der Waals surface area contributed by atoms with Crippen LogP contribution in [-0.4, -0.2) is 59.5 Å². The third-order valence-electron chi connectivity index (χ3n) is 7.27. The number of thiazole rings is 1. The number of hydrogen-bond donors (Lipinski definition) is 1. The number of carbonyl (C=O) groups excluding carboxylic acids is 2. The standard InChI is InChI=1S/C31H34N4O4S/c1-19-8-7-9-20(2)28(19)39-17-21(3)32-29(36)26-18-40-30(34-26)22-12-14-35(15-13-22)31(37)25-16-27(38-4)23-10-5-6-11-24(23)33-25/h5-11,16,18,21-22H,12-15,17H2,1-4H3,(H,32,36). The summed E-state index contributed by atoms with van der Waals surface area (Å²) in [5.41, 5.74) is 3.69. The normalized spacial score (nSPS) is 14.7. The van der Waals surface area contributed by atoms with E-state index in [0.717, 1.165) is 45.6 Å². The van der Waals surface area contributed by atoms with Crippen molar-refractivity contribution in [2.24, 2.45) is 0 Å². The van der Waals surface area contributed by atoms with Crippen molar-refractivity contribution in [1.29, 1.82) is 0 Å². The molecule has 1 unspecified atom stereocenters. The van der Waals surface area contributed by atoms with Crippen LogP contribution in [-0.2, 0) is 0 Å². The summed E-state index contributed by atoms with van der Waals surface area (Å²) < 4.78 is 11.5. The molecule has 2 amide bonds. The third-order valence-corrected chi connectivity index (χ3v) is 8.27. The molecule has 8 nitrogen and oxygen atoms in total. The van der Waals surface area contributed by atoms with Crippen LogP contribution in [0.15, 0.2) is 53.9 Å². The topological polar surface area (TPSA) is 93.7 Å². The van der Waals surface area contributed by atoms with Gasteiger partial charge in [-0.05, 0) is 56.9 Å². The lowest BCUT2D eigenvalue weighted by molar-refractivity contribution is 0.0707. The highest BCUT2D eigenvalue weighted by molar-refractivity contribution is 7.09. The minimum absolute atomic E-state index is 0.0983. The van der Waals surface area contributed by atoms with E-state index in [9.17, 15) is 9.59 Å². The predicted molar refractivity (Wildman–Crippen MR) is 157 cm³/mol. The SMILES string of the molecule is COc1cc(C(=O)N2CCC(c3nc(C(=O)NC(C)COc4c(C)cccc4C)cs3)CC2)nc2ccccc12. The molecule has 1 atom stereocenters. The first-order valence-corrected chi connectivity index (χ1v) is 14.4. The van der Waals surface area contributed by atoms with Gasteiger partial charge in [-0.2, -0.15) is 0 Å². The van der Waals surface area contributed by atoms with E-state index >= 15 is 0 Å². The second-order valence-corrected chi connectivity index (χ2v) is 11.2. The van der Waals surface area contributed by atoms with E-state index in [2.05, 4.69) is 15.3 Å². The summed E-state index contributed by atoms with van der Waals surface area (Å²) in [7, 11) is 1.60. The fraction of sp³-hybridized carbons (Fsp3) is 0.355. The smallest absolute Gasteiger partial charge is 0.272 e. The number of piperidine rings is 1. The van der Waals surface area contributed by atoms with Crippen molar-refractivity contribution in [3.8, 4) is 11.5 Å². The number of aryl methyl sites for hydroxylation is 2. The number of pyridine rings is 1. The molecule has 2 aromatic carbocycles. The molecule has 0 spiro atoms. The number of hydrogen-bond acceptors (Lipinski definition) is 7. The Kier molecular flexibility index (Phi) is 8.30. The Bertz CT molecular complexity index is 1510. The van der Waals surface area contributed by atoms with Crippen molar-refractivity contribution >= 4 is 34.1 Å². The number of methoxy groups -OCH3 is 1. The second-order valence-electron chi connectivity index (χ2n) is 10.3. The lowest BCUT2D eigenvalue weighted by Crippen LogP contribution is -2.38. The van der Waals surface area contributed by atoms with Crippen molar-refractivity contribution in [1.82, 2.24) is 20.2 Å². The number of benzene rings is 2. The first-order valence-electron chi connectivity index (χ1n) is 13.5. The molecule has 5 rings (SSSR count). The Hall–Kier alpha value is -3.98. The summed E-state index contributed by atoms with van der Waals surface area (Å²) in [5, 5.41) is 6.62. The zero-order valence-corrected chi connectivity index (χ0v) is 24.1. The van der Waals surface area contributed by atoms with Crippen LogP contribution in [0.2, 0.25) is 0 Å². The van der Waals surface area contributed by atoms with Gasteiger partial charge in [-0.1, -0.05) is 30.3 Å². The van der Waals surface area contributed by atoms with Gasteiger partial charge in [0, 0.05) is 35.8 Å². The minimum Gasteiger partial charge on any atom is -0.496 e. The second kappa shape index (κ2) is 12.0. The Morgan fingerprint density at radius 1 is 1.05 bits per heavy atom. The number of fused-ring (bicyclic) bond motifs is 1. The van der Waals surface area contributed by atoms with Gasteiger partial charge in [0.25, 0.3) is 11.8 Å². The molecular weight excluding hydrogens is 524 g/mol. The molecule has 1 fully saturated rings. The molecule has 40 heavy (non-hydrogen) atoms. The highest BCUT2D eigenvalue weighted by atomic mass is 32.1. The monoisotopic (exact) mass is 558 g/mol. The summed E-state index contributed by atoms with van der Waals surface area (Å²) >= 11 is 1.50. The molecule has 208 valence electrons. The summed E-state index contributed by atoms with van der Waals surface area (Å²) in [6.45, 7) is 7.53. The molecule has 0 radical (unpaired) electrons. The van der Waals surface area contributed by atoms with Gasteiger partial charge in [0.1, 0.15) is 29.5 Å². The van der Waals surface area contributed by atoms with E-state index < -0.39 is 0 Å². The van der Waals surface area contributed by atoms with Crippen molar-refractivity contribution in [2.75, 3.05) is 26.8 Å². The molecule has 1 aliphatic heterocycles. The average molecular weight is 559 g/mol. The van der Waals surface area contributed by atoms with Gasteiger partial charge in [-0.25, -0.2) is 9.97 Å². The zero-order valence-electron chi connectivity index (χ0n) is 23.3. The third kappa shape index (κ3) is 5.94. The molecule has 1 N–H and O–H groups in total. The fourth-order valence-corrected chi connectivity index (χ4v) is 6.04. The number of carbonyl (C=O) groups is 2. The van der Waals surface area contributed by atoms with Crippen molar-refractivity contribution < 1.29 is 19.1 Å². The van der Waals surface area contributed by atoms with Crippen molar-refractivity contribution in [2.45, 2.75) is 45.6 Å². The maximum Gasteiger partial charge on any atom is 0.272 e. The number of para-hydroxylation sites is 2. The maximum absolute atomic E-state index is 13.3. The van der Waals surface area contributed by atoms with Gasteiger partial charge < -0.3 is 19.7 Å².